The normalized spacial score (nSPS) is 23.7. The number of hydrogen-bond acceptors (Lipinski definition) is 5. The van der Waals surface area contributed by atoms with Gasteiger partial charge >= 0.3 is 0 Å². The van der Waals surface area contributed by atoms with E-state index in [9.17, 15) is 14.0 Å². The zero-order chi connectivity index (χ0) is 24.7. The number of carbonyl (C=O) groups is 2. The van der Waals surface area contributed by atoms with Crippen LogP contribution in [0.5, 0.6) is 5.75 Å². The molecule has 2 aliphatic heterocycles. The highest BCUT2D eigenvalue weighted by atomic mass is 35.5. The monoisotopic (exact) mass is 500 g/mol. The van der Waals surface area contributed by atoms with Crippen LogP contribution in [-0.2, 0) is 4.79 Å². The van der Waals surface area contributed by atoms with Gasteiger partial charge in [-0.15, -0.1) is 0 Å². The molecule has 7 nitrogen and oxygen atoms in total. The van der Waals surface area contributed by atoms with Crippen molar-refractivity contribution in [1.82, 2.24) is 15.6 Å². The van der Waals surface area contributed by atoms with Crippen LogP contribution in [0.2, 0.25) is 5.02 Å². The number of benzene rings is 1. The minimum Gasteiger partial charge on any atom is -0.476 e. The Labute approximate surface area is 209 Å². The fourth-order valence-corrected chi connectivity index (χ4v) is 5.23. The van der Waals surface area contributed by atoms with Crippen LogP contribution in [0.4, 0.5) is 10.2 Å². The van der Waals surface area contributed by atoms with Gasteiger partial charge in [0.1, 0.15) is 17.4 Å². The molecule has 3 heterocycles. The van der Waals surface area contributed by atoms with E-state index < -0.39 is 11.4 Å². The Balaban J connectivity index is 1.20. The van der Waals surface area contributed by atoms with Crippen LogP contribution >= 0.6 is 11.6 Å². The Morgan fingerprint density at radius 2 is 1.77 bits per heavy atom. The Morgan fingerprint density at radius 3 is 2.40 bits per heavy atom. The van der Waals surface area contributed by atoms with Crippen molar-refractivity contribution in [3.8, 4) is 5.75 Å². The maximum Gasteiger partial charge on any atom is 0.263 e. The molecule has 0 radical (unpaired) electrons. The summed E-state index contributed by atoms with van der Waals surface area (Å²) in [5, 5.41) is 6.37. The zero-order valence-electron chi connectivity index (χ0n) is 19.9. The van der Waals surface area contributed by atoms with Crippen LogP contribution < -0.4 is 20.3 Å². The number of piperidine rings is 1. The van der Waals surface area contributed by atoms with Gasteiger partial charge < -0.3 is 20.3 Å². The van der Waals surface area contributed by atoms with E-state index in [2.05, 4.69) is 20.5 Å². The summed E-state index contributed by atoms with van der Waals surface area (Å²) in [6.45, 7) is 3.30. The molecule has 2 amide bonds. The molecule has 9 heteroatoms. The number of fused-ring (bicyclic) bond motifs is 2. The van der Waals surface area contributed by atoms with E-state index in [1.54, 1.807) is 20.0 Å². The highest BCUT2D eigenvalue weighted by molar-refractivity contribution is 6.32. The van der Waals surface area contributed by atoms with Gasteiger partial charge in [0.25, 0.3) is 11.8 Å². The molecule has 2 aromatic rings. The lowest BCUT2D eigenvalue weighted by Crippen LogP contribution is -2.55. The van der Waals surface area contributed by atoms with Crippen LogP contribution in [0, 0.1) is 5.82 Å². The summed E-state index contributed by atoms with van der Waals surface area (Å²) < 4.78 is 19.4. The van der Waals surface area contributed by atoms with E-state index in [-0.39, 0.29) is 40.7 Å². The average molecular weight is 501 g/mol. The first-order valence-electron chi connectivity index (χ1n) is 12.2. The van der Waals surface area contributed by atoms with Gasteiger partial charge in [-0.1, -0.05) is 11.6 Å². The van der Waals surface area contributed by atoms with E-state index in [0.29, 0.717) is 11.6 Å². The summed E-state index contributed by atoms with van der Waals surface area (Å²) >= 11 is 6.11. The first kappa shape index (κ1) is 23.9. The van der Waals surface area contributed by atoms with E-state index in [1.165, 1.54) is 18.2 Å². The standard InChI is InChI=1S/C26H30ClFN4O3/c1-26(2,35-22-11-16(28)4-9-21(22)27)25(34)31-18-12-19-7-8-20(13-18)32(19)23-10-3-15(14-29-23)24(33)30-17-5-6-17/h3-4,9-11,14,17-20H,5-8,12-13H2,1-2H3,(H,30,33)(H,31,34)/t18?,19-,20+. The van der Waals surface area contributed by atoms with Crippen molar-refractivity contribution in [2.45, 2.75) is 82.1 Å². The molecule has 3 fully saturated rings. The Bertz CT molecular complexity index is 1110. The lowest BCUT2D eigenvalue weighted by molar-refractivity contribution is -0.135. The number of ether oxygens (including phenoxy) is 1. The third-order valence-corrected chi connectivity index (χ3v) is 7.37. The summed E-state index contributed by atoms with van der Waals surface area (Å²) in [5.74, 6) is 0.201. The SMILES string of the molecule is CC(C)(Oc1cc(F)ccc1Cl)C(=O)NC1C[C@H]2CC[C@@H](C1)N2c1ccc(C(=O)NC2CC2)cn1. The zero-order valence-corrected chi connectivity index (χ0v) is 20.6. The van der Waals surface area contributed by atoms with Crippen LogP contribution in [-0.4, -0.2) is 46.6 Å². The summed E-state index contributed by atoms with van der Waals surface area (Å²) in [4.78, 5) is 32.3. The van der Waals surface area contributed by atoms with Crippen LogP contribution in [0.15, 0.2) is 36.5 Å². The van der Waals surface area contributed by atoms with Gasteiger partial charge in [-0.05, 0) is 76.6 Å². The molecule has 2 bridgehead atoms. The summed E-state index contributed by atoms with van der Waals surface area (Å²) in [5.41, 5.74) is -0.637. The molecule has 1 aromatic heterocycles. The number of pyridine rings is 1. The third-order valence-electron chi connectivity index (χ3n) is 7.06. The second-order valence-corrected chi connectivity index (χ2v) is 10.7. The number of nitrogens with one attached hydrogen (secondary N) is 2. The first-order chi connectivity index (χ1) is 16.7. The largest absolute Gasteiger partial charge is 0.476 e. The van der Waals surface area contributed by atoms with E-state index >= 15 is 0 Å². The highest BCUT2D eigenvalue weighted by Gasteiger charge is 2.43. The molecule has 35 heavy (non-hydrogen) atoms. The summed E-state index contributed by atoms with van der Waals surface area (Å²) in [6.07, 6.45) is 7.40. The van der Waals surface area contributed by atoms with Gasteiger partial charge in [0.15, 0.2) is 5.60 Å². The smallest absolute Gasteiger partial charge is 0.263 e. The topological polar surface area (TPSA) is 83.6 Å². The Hall–Kier alpha value is -2.87. The molecule has 1 unspecified atom stereocenters. The predicted molar refractivity (Wildman–Crippen MR) is 131 cm³/mol. The summed E-state index contributed by atoms with van der Waals surface area (Å²) in [7, 11) is 0. The molecule has 2 N–H and O–H groups in total. The maximum absolute atomic E-state index is 13.6. The van der Waals surface area contributed by atoms with Gasteiger partial charge in [0.2, 0.25) is 0 Å². The molecule has 1 aliphatic carbocycles. The Morgan fingerprint density at radius 1 is 1.06 bits per heavy atom. The maximum atomic E-state index is 13.6. The van der Waals surface area contributed by atoms with E-state index in [1.807, 2.05) is 12.1 Å². The molecule has 186 valence electrons. The fraction of sp³-hybridized carbons (Fsp3) is 0.500. The number of halogens is 2. The second-order valence-electron chi connectivity index (χ2n) is 10.3. The number of carbonyl (C=O) groups excluding carboxylic acids is 2. The molecule has 5 rings (SSSR count). The molecule has 0 spiro atoms. The third kappa shape index (κ3) is 5.22. The quantitative estimate of drug-likeness (QED) is 0.594. The molecule has 1 saturated carbocycles. The van der Waals surface area contributed by atoms with Crippen LogP contribution in [0.1, 0.15) is 62.7 Å². The van der Waals surface area contributed by atoms with Gasteiger partial charge in [-0.25, -0.2) is 9.37 Å². The van der Waals surface area contributed by atoms with Crippen molar-refractivity contribution in [3.63, 3.8) is 0 Å². The molecule has 1 aromatic carbocycles. The van der Waals surface area contributed by atoms with Crippen LogP contribution in [0.3, 0.4) is 0 Å². The number of anilines is 1. The fourth-order valence-electron chi connectivity index (χ4n) is 5.07. The molecule has 2 saturated heterocycles. The summed E-state index contributed by atoms with van der Waals surface area (Å²) in [6, 6.07) is 8.45. The van der Waals surface area contributed by atoms with Gasteiger partial charge in [-0.3, -0.25) is 9.59 Å². The molecule has 3 aliphatic rings. The predicted octanol–water partition coefficient (Wildman–Crippen LogP) is 4.24. The number of nitrogens with zero attached hydrogens (tertiary/aromatic N) is 2. The van der Waals surface area contributed by atoms with Crippen molar-refractivity contribution in [2.75, 3.05) is 4.90 Å². The Kier molecular flexibility index (Phi) is 6.34. The minimum atomic E-state index is -1.22. The number of rotatable bonds is 7. The average Bonchev–Trinajstić information content (AvgIpc) is 3.59. The van der Waals surface area contributed by atoms with Crippen molar-refractivity contribution in [2.24, 2.45) is 0 Å². The molecular weight excluding hydrogens is 471 g/mol. The molecule has 3 atom stereocenters. The van der Waals surface area contributed by atoms with E-state index in [4.69, 9.17) is 16.3 Å². The van der Waals surface area contributed by atoms with E-state index in [0.717, 1.165) is 44.3 Å². The van der Waals surface area contributed by atoms with Crippen molar-refractivity contribution in [3.05, 3.63) is 52.9 Å². The number of hydrogen-bond donors (Lipinski definition) is 2. The van der Waals surface area contributed by atoms with Crippen LogP contribution in [0.25, 0.3) is 0 Å². The first-order valence-corrected chi connectivity index (χ1v) is 12.6. The highest BCUT2D eigenvalue weighted by Crippen LogP contribution is 2.39. The lowest BCUT2D eigenvalue weighted by Gasteiger charge is -2.40. The number of aromatic nitrogens is 1. The van der Waals surface area contributed by atoms with Crippen molar-refractivity contribution in [1.29, 1.82) is 0 Å². The minimum absolute atomic E-state index is 0.00528. The van der Waals surface area contributed by atoms with Crippen molar-refractivity contribution < 1.29 is 18.7 Å². The van der Waals surface area contributed by atoms with Gasteiger partial charge in [0, 0.05) is 36.4 Å². The lowest BCUT2D eigenvalue weighted by atomic mass is 9.96. The molecular formula is C26H30ClFN4O3. The van der Waals surface area contributed by atoms with Gasteiger partial charge in [-0.2, -0.15) is 0 Å². The second kappa shape index (κ2) is 9.30. The van der Waals surface area contributed by atoms with Gasteiger partial charge in [0.05, 0.1) is 10.6 Å². The number of amides is 2. The van der Waals surface area contributed by atoms with Crippen molar-refractivity contribution >= 4 is 29.2 Å².